The van der Waals surface area contributed by atoms with Gasteiger partial charge in [0.2, 0.25) is 6.41 Å². The van der Waals surface area contributed by atoms with E-state index in [0.29, 0.717) is 25.1 Å². The minimum Gasteiger partial charge on any atom is -0.397 e. The van der Waals surface area contributed by atoms with E-state index in [1.165, 1.54) is 36.8 Å². The number of rotatable bonds is 12. The molecule has 1 heterocycles. The summed E-state index contributed by atoms with van der Waals surface area (Å²) in [5.74, 6) is 6.11. The molecule has 2 atom stereocenters. The predicted molar refractivity (Wildman–Crippen MR) is 151 cm³/mol. The third kappa shape index (κ3) is 10.1. The lowest BCUT2D eigenvalue weighted by Gasteiger charge is -2.26. The molecule has 7 nitrogen and oxygen atoms in total. The largest absolute Gasteiger partial charge is 0.397 e. The molecule has 1 amide bonds. The van der Waals surface area contributed by atoms with E-state index in [1.807, 2.05) is 44.2 Å². The maximum atomic E-state index is 10.5. The van der Waals surface area contributed by atoms with Gasteiger partial charge in [0.15, 0.2) is 0 Å². The topological polar surface area (TPSA) is 126 Å². The molecule has 3 rings (SSSR count). The van der Waals surface area contributed by atoms with E-state index in [2.05, 4.69) is 22.9 Å². The molecular weight excluding hydrogens is 470 g/mol. The third-order valence-corrected chi connectivity index (χ3v) is 7.67. The maximum absolute atomic E-state index is 10.5. The number of allylic oxidation sites excluding steroid dienone is 4. The van der Waals surface area contributed by atoms with Gasteiger partial charge in [-0.05, 0) is 49.8 Å². The van der Waals surface area contributed by atoms with Crippen LogP contribution >= 0.6 is 11.3 Å². The minimum atomic E-state index is -0.518. The van der Waals surface area contributed by atoms with Crippen molar-refractivity contribution in [3.63, 3.8) is 0 Å². The fourth-order valence-electron chi connectivity index (χ4n) is 4.60. The van der Waals surface area contributed by atoms with E-state index < -0.39 is 6.10 Å². The molecule has 1 aliphatic carbocycles. The van der Waals surface area contributed by atoms with Gasteiger partial charge in [-0.2, -0.15) is 0 Å². The number of nitrogens with zero attached hydrogens (tertiary/aromatic N) is 1. The number of aliphatic hydroxyl groups is 1. The van der Waals surface area contributed by atoms with Crippen molar-refractivity contribution in [3.8, 4) is 0 Å². The Balaban J connectivity index is 0.000000324. The molecule has 8 heteroatoms. The zero-order chi connectivity index (χ0) is 26.2. The molecule has 1 aromatic heterocycles. The first-order valence-corrected chi connectivity index (χ1v) is 13.8. The van der Waals surface area contributed by atoms with E-state index in [4.69, 9.17) is 16.6 Å². The Morgan fingerprint density at radius 1 is 1.28 bits per heavy atom. The van der Waals surface area contributed by atoms with Crippen LogP contribution in [0.25, 0.3) is 10.2 Å². The number of benzene rings is 1. The normalized spacial score (nSPS) is 16.9. The monoisotopic (exact) mass is 513 g/mol. The molecule has 7 N–H and O–H groups in total. The van der Waals surface area contributed by atoms with E-state index >= 15 is 0 Å². The molecule has 1 aliphatic rings. The highest BCUT2D eigenvalue weighted by Gasteiger charge is 2.25. The lowest BCUT2D eigenvalue weighted by atomic mass is 9.81. The molecule has 1 fully saturated rings. The number of hydrogen-bond acceptors (Lipinski definition) is 7. The number of para-hydroxylation sites is 1. The fourth-order valence-corrected chi connectivity index (χ4v) is 5.69. The summed E-state index contributed by atoms with van der Waals surface area (Å²) in [6.45, 7) is 4.33. The molecule has 1 saturated carbocycles. The molecule has 1 aromatic carbocycles. The second-order valence-electron chi connectivity index (χ2n) is 9.21. The lowest BCUT2D eigenvalue weighted by Crippen LogP contribution is -2.27. The van der Waals surface area contributed by atoms with Crippen LogP contribution in [0.5, 0.6) is 0 Å². The first kappa shape index (κ1) is 29.5. The third-order valence-electron chi connectivity index (χ3n) is 6.48. The zero-order valence-electron chi connectivity index (χ0n) is 21.7. The number of amides is 1. The standard InChI is InChI=1S/C19H26N2O2S.C9H17N3/c22-13-20-12-16(23)11-15(10-14-6-2-1-3-7-14)19-21-17-8-4-5-9-18(17)24-19;1-3-5-6-8(4-2)9(10)7-12-11/h4-5,8-9,13-16,23H,1-3,6-7,10-12H2,(H,20,22);3,5-7,12H,4,10-11H2,1-2H3/b;5-3-,8-6+,9-7-. The van der Waals surface area contributed by atoms with Crippen LogP contribution < -0.4 is 22.3 Å². The van der Waals surface area contributed by atoms with E-state index in [-0.39, 0.29) is 5.92 Å². The van der Waals surface area contributed by atoms with Gasteiger partial charge < -0.3 is 21.6 Å². The molecule has 0 radical (unpaired) electrons. The van der Waals surface area contributed by atoms with Gasteiger partial charge in [0.25, 0.3) is 0 Å². The number of nitrogens with two attached hydrogens (primary N) is 2. The first-order chi connectivity index (χ1) is 17.5. The van der Waals surface area contributed by atoms with Crippen LogP contribution in [0.1, 0.15) is 76.1 Å². The molecule has 0 spiro atoms. The fraction of sp³-hybridized carbons (Fsp3) is 0.500. The van der Waals surface area contributed by atoms with E-state index in [1.54, 1.807) is 17.5 Å². The summed E-state index contributed by atoms with van der Waals surface area (Å²) >= 11 is 1.75. The minimum absolute atomic E-state index is 0.272. The number of thiazole rings is 1. The number of aromatic nitrogens is 1. The predicted octanol–water partition coefficient (Wildman–Crippen LogP) is 5.01. The van der Waals surface area contributed by atoms with Gasteiger partial charge in [-0.1, -0.05) is 69.4 Å². The van der Waals surface area contributed by atoms with Crippen LogP contribution in [-0.4, -0.2) is 29.1 Å². The van der Waals surface area contributed by atoms with E-state index in [9.17, 15) is 9.90 Å². The van der Waals surface area contributed by atoms with Gasteiger partial charge in [-0.15, -0.1) is 11.3 Å². The average Bonchev–Trinajstić information content (AvgIpc) is 3.33. The highest BCUT2D eigenvalue weighted by Crippen LogP contribution is 2.38. The summed E-state index contributed by atoms with van der Waals surface area (Å²) in [4.78, 5) is 15.3. The van der Waals surface area contributed by atoms with E-state index in [0.717, 1.165) is 34.9 Å². The highest BCUT2D eigenvalue weighted by atomic mass is 32.1. The number of hydrazine groups is 1. The van der Waals surface area contributed by atoms with Crippen LogP contribution in [0.4, 0.5) is 0 Å². The Morgan fingerprint density at radius 3 is 2.67 bits per heavy atom. The molecule has 36 heavy (non-hydrogen) atoms. The number of carbonyl (C=O) groups is 1. The Labute approximate surface area is 219 Å². The Hall–Kier alpha value is -2.68. The quantitative estimate of drug-likeness (QED) is 0.118. The Kier molecular flexibility index (Phi) is 13.9. The van der Waals surface area contributed by atoms with Crippen LogP contribution in [0, 0.1) is 5.92 Å². The Bertz CT molecular complexity index is 962. The maximum Gasteiger partial charge on any atom is 0.207 e. The van der Waals surface area contributed by atoms with Crippen LogP contribution in [-0.2, 0) is 4.79 Å². The van der Waals surface area contributed by atoms with Crippen molar-refractivity contribution in [2.45, 2.75) is 77.2 Å². The molecule has 2 aromatic rings. The van der Waals surface area contributed by atoms with Crippen molar-refractivity contribution in [1.29, 1.82) is 0 Å². The van der Waals surface area contributed by atoms with Crippen molar-refractivity contribution < 1.29 is 9.90 Å². The molecule has 198 valence electrons. The summed E-state index contributed by atoms with van der Waals surface area (Å²) in [5, 5.41) is 14.0. The summed E-state index contributed by atoms with van der Waals surface area (Å²) < 4.78 is 1.21. The van der Waals surface area contributed by atoms with Gasteiger partial charge >= 0.3 is 0 Å². The van der Waals surface area contributed by atoms with Gasteiger partial charge in [-0.3, -0.25) is 10.6 Å². The summed E-state index contributed by atoms with van der Waals surface area (Å²) in [5.41, 5.74) is 10.9. The molecular formula is C28H43N5O2S. The van der Waals surface area contributed by atoms with Crippen molar-refractivity contribution in [3.05, 3.63) is 65.0 Å². The average molecular weight is 514 g/mol. The molecule has 2 unspecified atom stereocenters. The lowest BCUT2D eigenvalue weighted by molar-refractivity contribution is -0.110. The number of aliphatic hydroxyl groups excluding tert-OH is 1. The second kappa shape index (κ2) is 16.9. The highest BCUT2D eigenvalue weighted by molar-refractivity contribution is 7.18. The van der Waals surface area contributed by atoms with Crippen molar-refractivity contribution in [1.82, 2.24) is 15.7 Å². The van der Waals surface area contributed by atoms with Crippen molar-refractivity contribution >= 4 is 28.0 Å². The molecule has 0 aliphatic heterocycles. The second-order valence-corrected chi connectivity index (χ2v) is 10.3. The molecule has 0 saturated heterocycles. The SMILES string of the molecule is C\C=C/C=C(CC)/C(N)=C/NN.O=CNCC(O)CC(CC1CCCCC1)c1nc2ccccc2s1. The van der Waals surface area contributed by atoms with Crippen LogP contribution in [0.15, 0.2) is 60.0 Å². The Morgan fingerprint density at radius 2 is 2.03 bits per heavy atom. The van der Waals surface area contributed by atoms with Crippen LogP contribution in [0.2, 0.25) is 0 Å². The van der Waals surface area contributed by atoms with Gasteiger partial charge in [0.1, 0.15) is 0 Å². The summed E-state index contributed by atoms with van der Waals surface area (Å²) in [6.07, 6.45) is 16.9. The number of carbonyl (C=O) groups excluding carboxylic acids is 1. The number of nitrogens with one attached hydrogen (secondary N) is 2. The first-order valence-electron chi connectivity index (χ1n) is 13.0. The van der Waals surface area contributed by atoms with Gasteiger partial charge in [0, 0.05) is 18.7 Å². The van der Waals surface area contributed by atoms with Crippen molar-refractivity contribution in [2.75, 3.05) is 6.54 Å². The zero-order valence-corrected chi connectivity index (χ0v) is 22.5. The number of hydrogen-bond donors (Lipinski definition) is 5. The van der Waals surface area contributed by atoms with Gasteiger partial charge in [0.05, 0.1) is 27.0 Å². The summed E-state index contributed by atoms with van der Waals surface area (Å²) in [6, 6.07) is 8.23. The van der Waals surface area contributed by atoms with Crippen LogP contribution in [0.3, 0.4) is 0 Å². The molecule has 0 bridgehead atoms. The van der Waals surface area contributed by atoms with Gasteiger partial charge in [-0.25, -0.2) is 4.98 Å². The van der Waals surface area contributed by atoms with Crippen molar-refractivity contribution in [2.24, 2.45) is 17.5 Å². The smallest absolute Gasteiger partial charge is 0.207 e. The number of fused-ring (bicyclic) bond motifs is 1. The summed E-state index contributed by atoms with van der Waals surface area (Å²) in [7, 11) is 0.